The molecule has 3 rings (SSSR count). The summed E-state index contributed by atoms with van der Waals surface area (Å²) in [5, 5.41) is 0. The van der Waals surface area contributed by atoms with Crippen LogP contribution in [0.1, 0.15) is 11.1 Å². The van der Waals surface area contributed by atoms with Crippen LogP contribution in [-0.4, -0.2) is 17.6 Å². The van der Waals surface area contributed by atoms with Crippen LogP contribution in [0, 0.1) is 19.3 Å². The first kappa shape index (κ1) is 17.0. The second-order valence-electron chi connectivity index (χ2n) is 5.64. The van der Waals surface area contributed by atoms with Crippen molar-refractivity contribution in [2.45, 2.75) is 19.9 Å². The first-order valence-electron chi connectivity index (χ1n) is 7.85. The highest BCUT2D eigenvalue weighted by Crippen LogP contribution is 2.21. The number of hydrogen-bond acceptors (Lipinski definition) is 3. The summed E-state index contributed by atoms with van der Waals surface area (Å²) in [5.41, 5.74) is 2.90. The van der Waals surface area contributed by atoms with Gasteiger partial charge in [0, 0.05) is 5.56 Å². The van der Waals surface area contributed by atoms with E-state index in [-0.39, 0.29) is 12.3 Å². The molecule has 4 nitrogen and oxygen atoms in total. The number of nitrogens with zero attached hydrogens (tertiary/aromatic N) is 2. The molecule has 0 atom stereocenters. The van der Waals surface area contributed by atoms with E-state index in [1.54, 1.807) is 7.11 Å². The van der Waals surface area contributed by atoms with Crippen LogP contribution < -0.4 is 9.54 Å². The summed E-state index contributed by atoms with van der Waals surface area (Å²) in [6.07, 6.45) is 5.67. The van der Waals surface area contributed by atoms with Gasteiger partial charge in [-0.3, -0.25) is 4.79 Å². The molecule has 2 aromatic carbocycles. The highest BCUT2D eigenvalue weighted by Gasteiger charge is 2.10. The number of aryl methyl sites for hydroxylation is 1. The minimum atomic E-state index is -0.221. The Labute approximate surface area is 150 Å². The zero-order valence-corrected chi connectivity index (χ0v) is 15.0. The van der Waals surface area contributed by atoms with Gasteiger partial charge in [-0.2, -0.15) is 4.99 Å². The monoisotopic (exact) mass is 350 g/mol. The van der Waals surface area contributed by atoms with Gasteiger partial charge in [0.2, 0.25) is 0 Å². The number of hydrogen-bond donors (Lipinski definition) is 0. The van der Waals surface area contributed by atoms with Crippen molar-refractivity contribution in [3.05, 3.63) is 58.4 Å². The molecule has 3 aromatic rings. The van der Waals surface area contributed by atoms with Crippen LogP contribution in [-0.2, 0) is 17.8 Å². The number of fused-ring (bicyclic) bond motifs is 1. The van der Waals surface area contributed by atoms with Crippen molar-refractivity contribution in [2.24, 2.45) is 4.99 Å². The quantitative estimate of drug-likeness (QED) is 0.678. The molecule has 0 saturated heterocycles. The predicted molar refractivity (Wildman–Crippen MR) is 101 cm³/mol. The first-order valence-corrected chi connectivity index (χ1v) is 8.67. The normalized spacial score (nSPS) is 11.5. The zero-order valence-electron chi connectivity index (χ0n) is 14.2. The lowest BCUT2D eigenvalue weighted by molar-refractivity contribution is -0.117. The first-order chi connectivity index (χ1) is 12.1. The summed E-state index contributed by atoms with van der Waals surface area (Å²) in [5.74, 6) is 3.10. The third-order valence-corrected chi connectivity index (χ3v) is 4.89. The van der Waals surface area contributed by atoms with Crippen molar-refractivity contribution in [2.75, 3.05) is 7.11 Å². The van der Waals surface area contributed by atoms with Crippen LogP contribution in [0.3, 0.4) is 0 Å². The van der Waals surface area contributed by atoms with Crippen LogP contribution in [0.2, 0.25) is 0 Å². The summed E-state index contributed by atoms with van der Waals surface area (Å²) >= 11 is 1.46. The van der Waals surface area contributed by atoms with E-state index in [1.807, 2.05) is 54.0 Å². The fourth-order valence-electron chi connectivity index (χ4n) is 2.70. The van der Waals surface area contributed by atoms with Crippen molar-refractivity contribution < 1.29 is 9.53 Å². The van der Waals surface area contributed by atoms with E-state index < -0.39 is 0 Å². The second-order valence-corrected chi connectivity index (χ2v) is 6.65. The summed E-state index contributed by atoms with van der Waals surface area (Å²) in [4.78, 5) is 17.4. The molecule has 0 aliphatic heterocycles. The molecule has 1 heterocycles. The Morgan fingerprint density at radius 1 is 1.32 bits per heavy atom. The minimum absolute atomic E-state index is 0.190. The Bertz CT molecular complexity index is 1040. The molecule has 1 amide bonds. The van der Waals surface area contributed by atoms with Crippen molar-refractivity contribution in [3.63, 3.8) is 0 Å². The van der Waals surface area contributed by atoms with E-state index in [1.165, 1.54) is 11.3 Å². The lowest BCUT2D eigenvalue weighted by Gasteiger charge is -2.07. The number of methoxy groups -OCH3 is 1. The maximum absolute atomic E-state index is 12.5. The van der Waals surface area contributed by atoms with Gasteiger partial charge in [-0.25, -0.2) is 0 Å². The Morgan fingerprint density at radius 2 is 2.12 bits per heavy atom. The fraction of sp³-hybridized carbons (Fsp3) is 0.200. The van der Waals surface area contributed by atoms with E-state index in [4.69, 9.17) is 11.2 Å². The molecular weight excluding hydrogens is 332 g/mol. The predicted octanol–water partition coefficient (Wildman–Crippen LogP) is 3.32. The van der Waals surface area contributed by atoms with Gasteiger partial charge in [0.05, 0.1) is 30.3 Å². The number of terminal acetylenes is 1. The zero-order chi connectivity index (χ0) is 17.8. The van der Waals surface area contributed by atoms with Crippen molar-refractivity contribution in [1.29, 1.82) is 0 Å². The molecule has 126 valence electrons. The Hall–Kier alpha value is -2.84. The van der Waals surface area contributed by atoms with Gasteiger partial charge < -0.3 is 9.30 Å². The van der Waals surface area contributed by atoms with Gasteiger partial charge in [0.25, 0.3) is 5.91 Å². The van der Waals surface area contributed by atoms with Crippen LogP contribution in [0.5, 0.6) is 5.75 Å². The van der Waals surface area contributed by atoms with Gasteiger partial charge in [0.1, 0.15) is 5.75 Å². The smallest absolute Gasteiger partial charge is 0.252 e. The Balaban J connectivity index is 2.00. The molecule has 25 heavy (non-hydrogen) atoms. The summed E-state index contributed by atoms with van der Waals surface area (Å²) in [6, 6.07) is 13.7. The van der Waals surface area contributed by atoms with Gasteiger partial charge in [-0.05, 0) is 25.1 Å². The average Bonchev–Trinajstić information content (AvgIpc) is 2.93. The molecule has 0 saturated carbocycles. The molecular formula is C20H18N2O2S. The maximum Gasteiger partial charge on any atom is 0.252 e. The molecule has 1 aromatic heterocycles. The average molecular weight is 350 g/mol. The third kappa shape index (κ3) is 3.65. The Morgan fingerprint density at radius 3 is 2.88 bits per heavy atom. The molecule has 0 N–H and O–H groups in total. The Kier molecular flexibility index (Phi) is 5.01. The molecule has 0 radical (unpaired) electrons. The summed E-state index contributed by atoms with van der Waals surface area (Å²) in [6.45, 7) is 2.36. The number of carbonyl (C=O) groups is 1. The van der Waals surface area contributed by atoms with Crippen LogP contribution in [0.25, 0.3) is 10.2 Å². The van der Waals surface area contributed by atoms with Crippen LogP contribution in [0.15, 0.2) is 47.5 Å². The highest BCUT2D eigenvalue weighted by molar-refractivity contribution is 7.16. The maximum atomic E-state index is 12.5. The second kappa shape index (κ2) is 7.37. The number of aromatic nitrogens is 1. The van der Waals surface area contributed by atoms with Gasteiger partial charge in [-0.15, -0.1) is 6.42 Å². The lowest BCUT2D eigenvalue weighted by Crippen LogP contribution is -2.17. The third-order valence-electron chi connectivity index (χ3n) is 3.84. The van der Waals surface area contributed by atoms with Gasteiger partial charge in [-0.1, -0.05) is 47.1 Å². The topological polar surface area (TPSA) is 43.6 Å². The van der Waals surface area contributed by atoms with E-state index >= 15 is 0 Å². The van der Waals surface area contributed by atoms with Crippen molar-refractivity contribution in [1.82, 2.24) is 4.57 Å². The number of carbonyl (C=O) groups excluding carboxylic acids is 1. The summed E-state index contributed by atoms with van der Waals surface area (Å²) in [7, 11) is 1.60. The van der Waals surface area contributed by atoms with E-state index in [9.17, 15) is 4.79 Å². The number of rotatable bonds is 4. The molecule has 0 spiro atoms. The molecule has 5 heteroatoms. The van der Waals surface area contributed by atoms with E-state index in [0.29, 0.717) is 17.1 Å². The van der Waals surface area contributed by atoms with E-state index in [2.05, 4.69) is 10.9 Å². The van der Waals surface area contributed by atoms with Crippen molar-refractivity contribution >= 4 is 27.5 Å². The fourth-order valence-corrected chi connectivity index (χ4v) is 3.75. The standard InChI is InChI=1S/C20H18N2O2S/c1-4-11-22-16-7-5-6-8-18(16)25-20(22)21-19(23)13-15-12-14(2)9-10-17(15)24-3/h1,5-10,12H,11,13H2,2-3H3. The van der Waals surface area contributed by atoms with E-state index in [0.717, 1.165) is 21.3 Å². The molecule has 0 aliphatic rings. The van der Waals surface area contributed by atoms with Crippen LogP contribution >= 0.6 is 11.3 Å². The number of amides is 1. The van der Waals surface area contributed by atoms with Gasteiger partial charge >= 0.3 is 0 Å². The number of thiazole rings is 1. The number of ether oxygens (including phenoxy) is 1. The SMILES string of the molecule is C#CCn1c(=NC(=O)Cc2cc(C)ccc2OC)sc2ccccc21. The summed E-state index contributed by atoms with van der Waals surface area (Å²) < 4.78 is 8.29. The van der Waals surface area contributed by atoms with Crippen molar-refractivity contribution in [3.8, 4) is 18.1 Å². The lowest BCUT2D eigenvalue weighted by atomic mass is 10.1. The highest BCUT2D eigenvalue weighted by atomic mass is 32.1. The molecule has 0 fully saturated rings. The van der Waals surface area contributed by atoms with Crippen LogP contribution in [0.4, 0.5) is 0 Å². The minimum Gasteiger partial charge on any atom is -0.496 e. The molecule has 0 unspecified atom stereocenters. The number of benzene rings is 2. The largest absolute Gasteiger partial charge is 0.496 e. The van der Waals surface area contributed by atoms with Gasteiger partial charge in [0.15, 0.2) is 4.80 Å². The molecule has 0 bridgehead atoms. The molecule has 0 aliphatic carbocycles. The number of para-hydroxylation sites is 1.